The highest BCUT2D eigenvalue weighted by Crippen LogP contribution is 2.18. The van der Waals surface area contributed by atoms with Crippen molar-refractivity contribution in [3.63, 3.8) is 0 Å². The molecule has 1 aliphatic rings. The summed E-state index contributed by atoms with van der Waals surface area (Å²) in [5.74, 6) is 0.557. The zero-order valence-corrected chi connectivity index (χ0v) is 9.59. The first kappa shape index (κ1) is 12.8. The Labute approximate surface area is 90.6 Å². The lowest BCUT2D eigenvalue weighted by atomic mass is 9.98. The van der Waals surface area contributed by atoms with Gasteiger partial charge in [0.1, 0.15) is 0 Å². The van der Waals surface area contributed by atoms with Crippen molar-refractivity contribution in [3.8, 4) is 0 Å². The summed E-state index contributed by atoms with van der Waals surface area (Å²) in [6, 6.07) is 0. The molecule has 0 atom stereocenters. The van der Waals surface area contributed by atoms with Crippen LogP contribution in [-0.4, -0.2) is 43.7 Å². The van der Waals surface area contributed by atoms with Crippen molar-refractivity contribution in [3.05, 3.63) is 0 Å². The van der Waals surface area contributed by atoms with Crippen molar-refractivity contribution in [1.29, 1.82) is 0 Å². The molecule has 1 saturated heterocycles. The van der Waals surface area contributed by atoms with Gasteiger partial charge < -0.3 is 4.74 Å². The summed E-state index contributed by atoms with van der Waals surface area (Å²) in [4.78, 5) is 1.84. The molecule has 90 valence electrons. The molecule has 0 aromatic heterocycles. The maximum Gasteiger partial charge on any atom is 0.251 e. The SMILES string of the molecule is CC(C)OCC1CCN(CC(F)F)CC1. The zero-order valence-electron chi connectivity index (χ0n) is 9.59. The summed E-state index contributed by atoms with van der Waals surface area (Å²) in [7, 11) is 0. The zero-order chi connectivity index (χ0) is 11.3. The lowest BCUT2D eigenvalue weighted by molar-refractivity contribution is 0.0191. The number of rotatable bonds is 5. The molecule has 1 aliphatic heterocycles. The standard InChI is InChI=1S/C11H21F2NO/c1-9(2)15-8-10-3-5-14(6-4-10)7-11(12)13/h9-11H,3-8H2,1-2H3. The average Bonchev–Trinajstić information content (AvgIpc) is 2.16. The fraction of sp³-hybridized carbons (Fsp3) is 1.00. The second-order valence-electron chi connectivity index (χ2n) is 4.52. The van der Waals surface area contributed by atoms with Crippen molar-refractivity contribution in [2.45, 2.75) is 39.2 Å². The monoisotopic (exact) mass is 221 g/mol. The summed E-state index contributed by atoms with van der Waals surface area (Å²) < 4.78 is 29.7. The minimum absolute atomic E-state index is 0.0717. The van der Waals surface area contributed by atoms with E-state index in [4.69, 9.17) is 4.74 Å². The van der Waals surface area contributed by atoms with E-state index in [1.54, 1.807) is 0 Å². The van der Waals surface area contributed by atoms with Crippen molar-refractivity contribution < 1.29 is 13.5 Å². The molecule has 0 aromatic rings. The van der Waals surface area contributed by atoms with E-state index in [-0.39, 0.29) is 12.6 Å². The molecular formula is C11H21F2NO. The van der Waals surface area contributed by atoms with E-state index in [9.17, 15) is 8.78 Å². The smallest absolute Gasteiger partial charge is 0.251 e. The molecule has 4 heteroatoms. The largest absolute Gasteiger partial charge is 0.379 e. The van der Waals surface area contributed by atoms with Gasteiger partial charge in [-0.2, -0.15) is 0 Å². The van der Waals surface area contributed by atoms with Gasteiger partial charge in [-0.05, 0) is 45.7 Å². The van der Waals surface area contributed by atoms with Gasteiger partial charge in [-0.25, -0.2) is 8.78 Å². The van der Waals surface area contributed by atoms with Gasteiger partial charge >= 0.3 is 0 Å². The molecule has 0 N–H and O–H groups in total. The molecule has 0 radical (unpaired) electrons. The Kier molecular flexibility index (Phi) is 5.47. The quantitative estimate of drug-likeness (QED) is 0.706. The molecule has 0 bridgehead atoms. The van der Waals surface area contributed by atoms with E-state index in [0.29, 0.717) is 5.92 Å². The van der Waals surface area contributed by atoms with Crippen LogP contribution in [0.3, 0.4) is 0 Å². The van der Waals surface area contributed by atoms with Gasteiger partial charge in [0.15, 0.2) is 0 Å². The third-order valence-corrected chi connectivity index (χ3v) is 2.77. The van der Waals surface area contributed by atoms with Crippen LogP contribution in [0.1, 0.15) is 26.7 Å². The van der Waals surface area contributed by atoms with Gasteiger partial charge in [0.25, 0.3) is 6.43 Å². The average molecular weight is 221 g/mol. The van der Waals surface area contributed by atoms with Crippen LogP contribution >= 0.6 is 0 Å². The van der Waals surface area contributed by atoms with Crippen LogP contribution in [0.15, 0.2) is 0 Å². The Morgan fingerprint density at radius 3 is 2.33 bits per heavy atom. The van der Waals surface area contributed by atoms with Crippen molar-refractivity contribution >= 4 is 0 Å². The summed E-state index contributed by atoms with van der Waals surface area (Å²) >= 11 is 0. The Morgan fingerprint density at radius 2 is 1.87 bits per heavy atom. The molecule has 0 aliphatic carbocycles. The Balaban J connectivity index is 2.12. The number of likely N-dealkylation sites (tertiary alicyclic amines) is 1. The van der Waals surface area contributed by atoms with E-state index < -0.39 is 6.43 Å². The topological polar surface area (TPSA) is 12.5 Å². The Bertz CT molecular complexity index is 168. The maximum absolute atomic E-state index is 12.1. The van der Waals surface area contributed by atoms with Crippen LogP contribution in [0.5, 0.6) is 0 Å². The molecule has 0 spiro atoms. The fourth-order valence-electron chi connectivity index (χ4n) is 1.86. The number of alkyl halides is 2. The van der Waals surface area contributed by atoms with E-state index >= 15 is 0 Å². The fourth-order valence-corrected chi connectivity index (χ4v) is 1.86. The highest BCUT2D eigenvalue weighted by atomic mass is 19.3. The van der Waals surface area contributed by atoms with E-state index in [1.807, 2.05) is 18.7 Å². The molecule has 1 rings (SSSR count). The molecule has 0 aromatic carbocycles. The van der Waals surface area contributed by atoms with E-state index in [1.165, 1.54) is 0 Å². The van der Waals surface area contributed by atoms with Crippen molar-refractivity contribution in [1.82, 2.24) is 4.90 Å². The van der Waals surface area contributed by atoms with Crippen LogP contribution in [0, 0.1) is 5.92 Å². The van der Waals surface area contributed by atoms with Gasteiger partial charge in [-0.3, -0.25) is 4.90 Å². The van der Waals surface area contributed by atoms with Gasteiger partial charge in [-0.15, -0.1) is 0 Å². The molecule has 15 heavy (non-hydrogen) atoms. The lowest BCUT2D eigenvalue weighted by Gasteiger charge is -2.31. The van der Waals surface area contributed by atoms with Crippen LogP contribution in [0.4, 0.5) is 8.78 Å². The molecule has 0 saturated carbocycles. The summed E-state index contributed by atoms with van der Waals surface area (Å²) in [5.41, 5.74) is 0. The summed E-state index contributed by atoms with van der Waals surface area (Å²) in [6.45, 7) is 6.32. The predicted molar refractivity (Wildman–Crippen MR) is 56.3 cm³/mol. The predicted octanol–water partition coefficient (Wildman–Crippen LogP) is 2.39. The first-order valence-electron chi connectivity index (χ1n) is 5.70. The lowest BCUT2D eigenvalue weighted by Crippen LogP contribution is -2.38. The molecule has 1 heterocycles. The molecule has 2 nitrogen and oxygen atoms in total. The Morgan fingerprint density at radius 1 is 1.27 bits per heavy atom. The summed E-state index contributed by atoms with van der Waals surface area (Å²) in [5, 5.41) is 0. The first-order chi connectivity index (χ1) is 7.08. The number of hydrogen-bond donors (Lipinski definition) is 0. The minimum Gasteiger partial charge on any atom is -0.379 e. The third kappa shape index (κ3) is 5.42. The number of halogens is 2. The highest BCUT2D eigenvalue weighted by Gasteiger charge is 2.21. The number of ether oxygens (including phenoxy) is 1. The van der Waals surface area contributed by atoms with Gasteiger partial charge in [-0.1, -0.05) is 0 Å². The van der Waals surface area contributed by atoms with Crippen LogP contribution in [0.2, 0.25) is 0 Å². The van der Waals surface area contributed by atoms with Crippen LogP contribution < -0.4 is 0 Å². The molecule has 1 fully saturated rings. The first-order valence-corrected chi connectivity index (χ1v) is 5.70. The minimum atomic E-state index is -2.20. The molecule has 0 unspecified atom stereocenters. The number of piperidine rings is 1. The second kappa shape index (κ2) is 6.38. The van der Waals surface area contributed by atoms with Crippen LogP contribution in [0.25, 0.3) is 0 Å². The molecular weight excluding hydrogens is 200 g/mol. The third-order valence-electron chi connectivity index (χ3n) is 2.77. The van der Waals surface area contributed by atoms with Crippen LogP contribution in [-0.2, 0) is 4.74 Å². The normalized spacial score (nSPS) is 20.4. The van der Waals surface area contributed by atoms with Gasteiger partial charge in [0.05, 0.1) is 12.6 Å². The second-order valence-corrected chi connectivity index (χ2v) is 4.52. The van der Waals surface area contributed by atoms with Gasteiger partial charge in [0, 0.05) is 6.61 Å². The number of nitrogens with zero attached hydrogens (tertiary/aromatic N) is 1. The van der Waals surface area contributed by atoms with E-state index in [0.717, 1.165) is 32.5 Å². The van der Waals surface area contributed by atoms with Crippen molar-refractivity contribution in [2.24, 2.45) is 5.92 Å². The Hall–Kier alpha value is -0.220. The highest BCUT2D eigenvalue weighted by molar-refractivity contribution is 4.72. The van der Waals surface area contributed by atoms with Crippen molar-refractivity contribution in [2.75, 3.05) is 26.2 Å². The van der Waals surface area contributed by atoms with E-state index in [2.05, 4.69) is 0 Å². The maximum atomic E-state index is 12.1. The van der Waals surface area contributed by atoms with Gasteiger partial charge in [0.2, 0.25) is 0 Å². The summed E-state index contributed by atoms with van der Waals surface area (Å²) in [6.07, 6.45) is 0.0383. The molecule has 0 amide bonds. The number of hydrogen-bond acceptors (Lipinski definition) is 2.